The molecule has 2 aromatic rings. The van der Waals surface area contributed by atoms with Gasteiger partial charge in [0, 0.05) is 14.3 Å². The van der Waals surface area contributed by atoms with Gasteiger partial charge in [0.15, 0.2) is 0 Å². The van der Waals surface area contributed by atoms with E-state index in [1.807, 2.05) is 6.26 Å². The average Bonchev–Trinajstić information content (AvgIpc) is 2.48. The van der Waals surface area contributed by atoms with Gasteiger partial charge < -0.3 is 10.0 Å². The quantitative estimate of drug-likeness (QED) is 0.604. The number of benzene rings is 2. The number of thioether (sulfide) groups is 2. The minimum absolute atomic E-state index is 0.204. The van der Waals surface area contributed by atoms with E-state index >= 15 is 0 Å². The fourth-order valence-electron chi connectivity index (χ4n) is 1.55. The topological polar surface area (TPSA) is 40.5 Å². The van der Waals surface area contributed by atoms with Crippen LogP contribution in [0.5, 0.6) is 0 Å². The van der Waals surface area contributed by atoms with Crippen molar-refractivity contribution in [1.29, 1.82) is 0 Å². The fraction of sp³-hybridized carbons (Fsp3) is 0.143. The molecule has 0 saturated carbocycles. The van der Waals surface area contributed by atoms with Crippen LogP contribution in [-0.2, 0) is 0 Å². The van der Waals surface area contributed by atoms with E-state index < -0.39 is 12.9 Å². The molecule has 0 aliphatic carbocycles. The van der Waals surface area contributed by atoms with Crippen molar-refractivity contribution in [3.8, 4) is 0 Å². The first kappa shape index (κ1) is 19.5. The maximum absolute atomic E-state index is 12.6. The zero-order valence-corrected chi connectivity index (χ0v) is 15.1. The molecule has 0 aromatic heterocycles. The van der Waals surface area contributed by atoms with Crippen LogP contribution < -0.4 is 5.46 Å². The lowest BCUT2D eigenvalue weighted by atomic mass is 9.80. The first-order valence-corrected chi connectivity index (χ1v) is 9.32. The predicted octanol–water partition coefficient (Wildman–Crippen LogP) is 3.54. The molecular weight excluding hydrogens is 393 g/mol. The van der Waals surface area contributed by atoms with Crippen LogP contribution in [0.15, 0.2) is 50.7 Å². The van der Waals surface area contributed by atoms with Crippen molar-refractivity contribution in [3.63, 3.8) is 0 Å². The third-order valence-corrected chi connectivity index (χ3v) is 5.11. The average molecular weight is 407 g/mol. The Bertz CT molecular complexity index is 630. The van der Waals surface area contributed by atoms with E-state index in [9.17, 15) is 8.78 Å². The van der Waals surface area contributed by atoms with Gasteiger partial charge in [0.1, 0.15) is 11.6 Å². The Balaban J connectivity index is 0.000000224. The van der Waals surface area contributed by atoms with Crippen molar-refractivity contribution >= 4 is 52.0 Å². The molecule has 22 heavy (non-hydrogen) atoms. The second-order valence-electron chi connectivity index (χ2n) is 4.04. The first-order chi connectivity index (χ1) is 10.4. The van der Waals surface area contributed by atoms with Gasteiger partial charge in [0.2, 0.25) is 0 Å². The van der Waals surface area contributed by atoms with E-state index in [0.717, 1.165) is 15.4 Å². The van der Waals surface area contributed by atoms with E-state index in [2.05, 4.69) is 15.9 Å². The molecule has 2 aromatic carbocycles. The maximum Gasteiger partial charge on any atom is 0.489 e. The molecule has 0 bridgehead atoms. The van der Waals surface area contributed by atoms with Gasteiger partial charge in [0.25, 0.3) is 0 Å². The van der Waals surface area contributed by atoms with E-state index in [-0.39, 0.29) is 11.3 Å². The largest absolute Gasteiger partial charge is 0.489 e. The second-order valence-corrected chi connectivity index (χ2v) is 6.59. The molecule has 118 valence electrons. The monoisotopic (exact) mass is 406 g/mol. The van der Waals surface area contributed by atoms with Crippen molar-refractivity contribution in [1.82, 2.24) is 0 Å². The molecule has 0 aliphatic rings. The van der Waals surface area contributed by atoms with Crippen molar-refractivity contribution in [2.75, 3.05) is 12.5 Å². The molecule has 2 rings (SSSR count). The number of hydrogen-bond donors (Lipinski definition) is 2. The lowest BCUT2D eigenvalue weighted by molar-refractivity contribution is 0.424. The van der Waals surface area contributed by atoms with Gasteiger partial charge in [-0.15, -0.1) is 23.5 Å². The molecule has 2 nitrogen and oxygen atoms in total. The van der Waals surface area contributed by atoms with Gasteiger partial charge in [-0.25, -0.2) is 8.78 Å². The van der Waals surface area contributed by atoms with E-state index in [1.165, 1.54) is 36.0 Å². The third kappa shape index (κ3) is 5.93. The molecular formula is C14H14BBrF2O2S2. The van der Waals surface area contributed by atoms with Gasteiger partial charge >= 0.3 is 7.12 Å². The highest BCUT2D eigenvalue weighted by molar-refractivity contribution is 9.10. The summed E-state index contributed by atoms with van der Waals surface area (Å²) in [5.41, 5.74) is 0.211. The summed E-state index contributed by atoms with van der Waals surface area (Å²) >= 11 is 6.18. The summed E-state index contributed by atoms with van der Waals surface area (Å²) in [5, 5.41) is 17.7. The molecule has 0 fully saturated rings. The normalized spacial score (nSPS) is 9.95. The highest BCUT2D eigenvalue weighted by atomic mass is 79.9. The lowest BCUT2D eigenvalue weighted by Gasteiger charge is -2.05. The Morgan fingerprint density at radius 2 is 1.41 bits per heavy atom. The molecule has 0 saturated heterocycles. The molecule has 0 atom stereocenters. The Morgan fingerprint density at radius 3 is 1.86 bits per heavy atom. The van der Waals surface area contributed by atoms with Crippen LogP contribution in [0.4, 0.5) is 8.78 Å². The first-order valence-electron chi connectivity index (χ1n) is 6.07. The van der Waals surface area contributed by atoms with E-state index in [0.29, 0.717) is 4.90 Å². The summed E-state index contributed by atoms with van der Waals surface area (Å²) in [5.74, 6) is -0.666. The summed E-state index contributed by atoms with van der Waals surface area (Å²) in [4.78, 5) is 1.73. The molecule has 0 heterocycles. The molecule has 0 unspecified atom stereocenters. The zero-order chi connectivity index (χ0) is 16.7. The van der Waals surface area contributed by atoms with Gasteiger partial charge in [-0.1, -0.05) is 0 Å². The van der Waals surface area contributed by atoms with Crippen molar-refractivity contribution < 1.29 is 18.8 Å². The molecule has 0 amide bonds. The lowest BCUT2D eigenvalue weighted by Crippen LogP contribution is -2.31. The van der Waals surface area contributed by atoms with Gasteiger partial charge in [-0.05, 0) is 70.3 Å². The van der Waals surface area contributed by atoms with E-state index in [1.54, 1.807) is 24.1 Å². The Kier molecular flexibility index (Phi) is 8.49. The van der Waals surface area contributed by atoms with E-state index in [4.69, 9.17) is 10.0 Å². The van der Waals surface area contributed by atoms with Crippen LogP contribution in [0.1, 0.15) is 0 Å². The molecule has 8 heteroatoms. The van der Waals surface area contributed by atoms with Crippen LogP contribution in [0.3, 0.4) is 0 Å². The van der Waals surface area contributed by atoms with Crippen LogP contribution in [0, 0.1) is 11.6 Å². The summed E-state index contributed by atoms with van der Waals surface area (Å²) < 4.78 is 25.9. The van der Waals surface area contributed by atoms with Crippen LogP contribution in [0.2, 0.25) is 0 Å². The van der Waals surface area contributed by atoms with Crippen LogP contribution in [-0.4, -0.2) is 29.7 Å². The number of halogens is 3. The minimum Gasteiger partial charge on any atom is -0.423 e. The number of rotatable bonds is 3. The summed E-state index contributed by atoms with van der Waals surface area (Å²) in [6.07, 6.45) is 3.75. The highest BCUT2D eigenvalue weighted by Crippen LogP contribution is 2.25. The third-order valence-electron chi connectivity index (χ3n) is 2.58. The van der Waals surface area contributed by atoms with Crippen LogP contribution >= 0.6 is 39.5 Å². The maximum atomic E-state index is 12.6. The Hall–Kier alpha value is -0.535. The Morgan fingerprint density at radius 1 is 0.909 bits per heavy atom. The fourth-order valence-corrected chi connectivity index (χ4v) is 3.45. The summed E-state index contributed by atoms with van der Waals surface area (Å²) in [6, 6.07) is 8.61. The molecule has 0 spiro atoms. The molecule has 2 N–H and O–H groups in total. The van der Waals surface area contributed by atoms with Gasteiger partial charge in [-0.3, -0.25) is 0 Å². The smallest absolute Gasteiger partial charge is 0.423 e. The second kappa shape index (κ2) is 9.57. The SMILES string of the molecule is CSc1ccc(F)cc1B(O)O.CSc1ccc(F)cc1Br. The predicted molar refractivity (Wildman–Crippen MR) is 93.9 cm³/mol. The summed E-state index contributed by atoms with van der Waals surface area (Å²) in [6.45, 7) is 0. The Labute approximate surface area is 145 Å². The highest BCUT2D eigenvalue weighted by Gasteiger charge is 2.15. The minimum atomic E-state index is -1.61. The molecule has 0 radical (unpaired) electrons. The summed E-state index contributed by atoms with van der Waals surface area (Å²) in [7, 11) is -1.61. The zero-order valence-electron chi connectivity index (χ0n) is 11.9. The van der Waals surface area contributed by atoms with Gasteiger partial charge in [0.05, 0.1) is 0 Å². The number of hydrogen-bond acceptors (Lipinski definition) is 4. The van der Waals surface area contributed by atoms with Crippen molar-refractivity contribution in [2.45, 2.75) is 9.79 Å². The van der Waals surface area contributed by atoms with Crippen molar-refractivity contribution in [2.24, 2.45) is 0 Å². The standard InChI is InChI=1S/C7H8BFO2S.C7H6BrFS/c1-12-7-3-2-5(9)4-6(7)8(10)11;1-10-7-3-2-5(9)4-6(7)8/h2-4,10-11H,1H3;2-4H,1H3. The molecule has 0 aliphatic heterocycles. The van der Waals surface area contributed by atoms with Crippen LogP contribution in [0.25, 0.3) is 0 Å². The van der Waals surface area contributed by atoms with Gasteiger partial charge in [-0.2, -0.15) is 0 Å². The van der Waals surface area contributed by atoms with Crippen molar-refractivity contribution in [3.05, 3.63) is 52.5 Å².